The third-order valence-corrected chi connectivity index (χ3v) is 4.40. The van der Waals surface area contributed by atoms with Crippen molar-refractivity contribution in [3.8, 4) is 5.75 Å². The van der Waals surface area contributed by atoms with Crippen LogP contribution in [0, 0.1) is 0 Å². The lowest BCUT2D eigenvalue weighted by Crippen LogP contribution is -2.42. The van der Waals surface area contributed by atoms with Crippen molar-refractivity contribution in [2.45, 2.75) is 44.8 Å². The first-order chi connectivity index (χ1) is 9.06. The Hall–Kier alpha value is -0.580. The van der Waals surface area contributed by atoms with Gasteiger partial charge < -0.3 is 15.2 Å². The second-order valence-corrected chi connectivity index (χ2v) is 6.17. The zero-order chi connectivity index (χ0) is 13.9. The number of fused-ring (bicyclic) bond motifs is 1. The predicted octanol–water partition coefficient (Wildman–Crippen LogP) is 2.89. The molecule has 0 amide bonds. The smallest absolute Gasteiger partial charge is 0.123 e. The van der Waals surface area contributed by atoms with Crippen molar-refractivity contribution in [2.75, 3.05) is 13.1 Å². The molecule has 4 heteroatoms. The Morgan fingerprint density at radius 3 is 2.84 bits per heavy atom. The van der Waals surface area contributed by atoms with Crippen LogP contribution in [0.25, 0.3) is 0 Å². The van der Waals surface area contributed by atoms with Gasteiger partial charge in [-0.15, -0.1) is 0 Å². The van der Waals surface area contributed by atoms with Crippen LogP contribution in [0.5, 0.6) is 5.75 Å². The Labute approximate surface area is 123 Å². The van der Waals surface area contributed by atoms with Gasteiger partial charge in [0.25, 0.3) is 0 Å². The summed E-state index contributed by atoms with van der Waals surface area (Å²) in [6, 6.07) is 6.12. The molecule has 0 fully saturated rings. The number of benzene rings is 1. The highest BCUT2D eigenvalue weighted by atomic mass is 79.9. The van der Waals surface area contributed by atoms with Crippen molar-refractivity contribution in [1.29, 1.82) is 0 Å². The van der Waals surface area contributed by atoms with E-state index < -0.39 is 5.60 Å². The molecule has 1 aromatic carbocycles. The average molecular weight is 328 g/mol. The lowest BCUT2D eigenvalue weighted by molar-refractivity contribution is 0.0306. The van der Waals surface area contributed by atoms with Gasteiger partial charge in [-0.2, -0.15) is 0 Å². The Morgan fingerprint density at radius 1 is 1.42 bits per heavy atom. The number of nitrogens with one attached hydrogen (secondary N) is 1. The van der Waals surface area contributed by atoms with E-state index >= 15 is 0 Å². The molecule has 0 radical (unpaired) electrons. The van der Waals surface area contributed by atoms with Crippen molar-refractivity contribution in [2.24, 2.45) is 0 Å². The zero-order valence-corrected chi connectivity index (χ0v) is 13.2. The third kappa shape index (κ3) is 3.71. The highest BCUT2D eigenvalue weighted by molar-refractivity contribution is 9.10. The maximum Gasteiger partial charge on any atom is 0.123 e. The van der Waals surface area contributed by atoms with Crippen molar-refractivity contribution in [3.05, 3.63) is 28.2 Å². The van der Waals surface area contributed by atoms with E-state index in [0.29, 0.717) is 6.54 Å². The minimum Gasteiger partial charge on any atom is -0.488 e. The topological polar surface area (TPSA) is 41.5 Å². The summed E-state index contributed by atoms with van der Waals surface area (Å²) in [7, 11) is 0. The fourth-order valence-corrected chi connectivity index (χ4v) is 2.78. The fraction of sp³-hybridized carbons (Fsp3) is 0.600. The number of rotatable bonds is 6. The van der Waals surface area contributed by atoms with Crippen LogP contribution in [0.4, 0.5) is 0 Å². The zero-order valence-electron chi connectivity index (χ0n) is 11.6. The maximum atomic E-state index is 10.2. The normalized spacial score (nSPS) is 18.2. The molecule has 0 saturated heterocycles. The molecule has 2 N–H and O–H groups in total. The van der Waals surface area contributed by atoms with E-state index in [1.54, 1.807) is 0 Å². The van der Waals surface area contributed by atoms with Gasteiger partial charge in [0.05, 0.1) is 5.60 Å². The van der Waals surface area contributed by atoms with Crippen LogP contribution in [0.1, 0.15) is 32.3 Å². The summed E-state index contributed by atoms with van der Waals surface area (Å²) in [5, 5.41) is 13.5. The van der Waals surface area contributed by atoms with Crippen LogP contribution in [-0.2, 0) is 6.42 Å². The van der Waals surface area contributed by atoms with Crippen LogP contribution >= 0.6 is 15.9 Å². The molecule has 1 unspecified atom stereocenters. The van der Waals surface area contributed by atoms with Gasteiger partial charge in [0, 0.05) is 24.0 Å². The Morgan fingerprint density at radius 2 is 2.16 bits per heavy atom. The van der Waals surface area contributed by atoms with Gasteiger partial charge in [-0.1, -0.05) is 29.8 Å². The Bertz CT molecular complexity index is 432. The van der Waals surface area contributed by atoms with E-state index in [1.807, 2.05) is 26.0 Å². The van der Waals surface area contributed by atoms with E-state index in [1.165, 1.54) is 5.56 Å². The molecule has 0 aliphatic carbocycles. The molecule has 1 atom stereocenters. The quantitative estimate of drug-likeness (QED) is 0.844. The monoisotopic (exact) mass is 327 g/mol. The first-order valence-electron chi connectivity index (χ1n) is 6.94. The lowest BCUT2D eigenvalue weighted by Gasteiger charge is -2.26. The third-order valence-electron chi connectivity index (χ3n) is 3.91. The molecule has 1 aromatic rings. The molecule has 2 rings (SSSR count). The van der Waals surface area contributed by atoms with Crippen molar-refractivity contribution < 1.29 is 9.84 Å². The van der Waals surface area contributed by atoms with Crippen LogP contribution in [0.3, 0.4) is 0 Å². The molecule has 1 heterocycles. The van der Waals surface area contributed by atoms with Gasteiger partial charge in [-0.3, -0.25) is 0 Å². The van der Waals surface area contributed by atoms with Crippen LogP contribution in [0.2, 0.25) is 0 Å². The lowest BCUT2D eigenvalue weighted by atomic mass is 9.97. The maximum absolute atomic E-state index is 10.2. The number of hydrogen-bond donors (Lipinski definition) is 2. The molecule has 0 spiro atoms. The van der Waals surface area contributed by atoms with Gasteiger partial charge in [0.15, 0.2) is 0 Å². The van der Waals surface area contributed by atoms with Gasteiger partial charge >= 0.3 is 0 Å². The molecule has 3 nitrogen and oxygen atoms in total. The first kappa shape index (κ1) is 14.8. The molecular formula is C15H22BrNO2. The largest absolute Gasteiger partial charge is 0.488 e. The first-order valence-corrected chi connectivity index (χ1v) is 7.74. The fourth-order valence-electron chi connectivity index (χ4n) is 2.37. The van der Waals surface area contributed by atoms with Crippen molar-refractivity contribution in [1.82, 2.24) is 5.32 Å². The second kappa shape index (κ2) is 6.25. The van der Waals surface area contributed by atoms with Crippen molar-refractivity contribution >= 4 is 15.9 Å². The van der Waals surface area contributed by atoms with Crippen LogP contribution in [-0.4, -0.2) is 29.9 Å². The molecule has 0 bridgehead atoms. The molecule has 106 valence electrons. The summed E-state index contributed by atoms with van der Waals surface area (Å²) in [4.78, 5) is 0. The SMILES string of the molecule is CCC(O)(CC)CNCC1Cc2cc(Br)ccc2O1. The van der Waals surface area contributed by atoms with E-state index in [2.05, 4.69) is 27.3 Å². The van der Waals surface area contributed by atoms with E-state index in [0.717, 1.165) is 36.0 Å². The van der Waals surface area contributed by atoms with E-state index in [-0.39, 0.29) is 6.10 Å². The highest BCUT2D eigenvalue weighted by Gasteiger charge is 2.25. The summed E-state index contributed by atoms with van der Waals surface area (Å²) >= 11 is 3.48. The predicted molar refractivity (Wildman–Crippen MR) is 80.7 cm³/mol. The average Bonchev–Trinajstić information content (AvgIpc) is 2.80. The second-order valence-electron chi connectivity index (χ2n) is 5.26. The van der Waals surface area contributed by atoms with Gasteiger partial charge in [-0.25, -0.2) is 0 Å². The molecule has 0 saturated carbocycles. The minimum absolute atomic E-state index is 0.169. The van der Waals surface area contributed by atoms with Gasteiger partial charge in [-0.05, 0) is 36.6 Å². The van der Waals surface area contributed by atoms with Crippen molar-refractivity contribution in [3.63, 3.8) is 0 Å². The summed E-state index contributed by atoms with van der Waals surface area (Å²) in [6.45, 7) is 5.43. The molecular weight excluding hydrogens is 306 g/mol. The standard InChI is InChI=1S/C15H22BrNO2/c1-3-15(18,4-2)10-17-9-13-8-11-7-12(16)5-6-14(11)19-13/h5-7,13,17-18H,3-4,8-10H2,1-2H3. The van der Waals surface area contributed by atoms with E-state index in [9.17, 15) is 5.11 Å². The van der Waals surface area contributed by atoms with Gasteiger partial charge in [0.1, 0.15) is 11.9 Å². The van der Waals surface area contributed by atoms with Crippen LogP contribution in [0.15, 0.2) is 22.7 Å². The Kier molecular flexibility index (Phi) is 4.87. The summed E-state index contributed by atoms with van der Waals surface area (Å²) in [6.07, 6.45) is 2.64. The molecule has 1 aliphatic heterocycles. The molecule has 19 heavy (non-hydrogen) atoms. The highest BCUT2D eigenvalue weighted by Crippen LogP contribution is 2.31. The number of ether oxygens (including phenoxy) is 1. The van der Waals surface area contributed by atoms with Gasteiger partial charge in [0.2, 0.25) is 0 Å². The summed E-state index contributed by atoms with van der Waals surface area (Å²) < 4.78 is 6.97. The minimum atomic E-state index is -0.589. The van der Waals surface area contributed by atoms with E-state index in [4.69, 9.17) is 4.74 Å². The number of halogens is 1. The number of aliphatic hydroxyl groups is 1. The number of hydrogen-bond acceptors (Lipinski definition) is 3. The Balaban J connectivity index is 1.81. The summed E-state index contributed by atoms with van der Waals surface area (Å²) in [5.74, 6) is 0.983. The summed E-state index contributed by atoms with van der Waals surface area (Å²) in [5.41, 5.74) is 0.663. The molecule has 1 aliphatic rings. The molecule has 0 aromatic heterocycles. The van der Waals surface area contributed by atoms with Crippen LogP contribution < -0.4 is 10.1 Å².